The zero-order valence-electron chi connectivity index (χ0n) is 10.1. The minimum atomic E-state index is -0.546. The molecule has 0 bridgehead atoms. The van der Waals surface area contributed by atoms with Gasteiger partial charge in [-0.05, 0) is 18.1 Å². The SMILES string of the molecule is NCCNC(=O)[C@@H](N)Cc1c[nH]c2ccccc12. The number of aromatic nitrogens is 1. The van der Waals surface area contributed by atoms with Crippen LogP contribution in [0.1, 0.15) is 5.56 Å². The Morgan fingerprint density at radius 3 is 2.94 bits per heavy atom. The summed E-state index contributed by atoms with van der Waals surface area (Å²) in [5, 5.41) is 3.80. The lowest BCUT2D eigenvalue weighted by Crippen LogP contribution is -2.43. The van der Waals surface area contributed by atoms with E-state index < -0.39 is 6.04 Å². The molecule has 5 nitrogen and oxygen atoms in total. The Kier molecular flexibility index (Phi) is 3.96. The topological polar surface area (TPSA) is 96.9 Å². The molecule has 0 aliphatic rings. The fourth-order valence-electron chi connectivity index (χ4n) is 1.96. The summed E-state index contributed by atoms with van der Waals surface area (Å²) in [6.07, 6.45) is 2.42. The molecule has 96 valence electrons. The van der Waals surface area contributed by atoms with Crippen LogP contribution in [0.3, 0.4) is 0 Å². The van der Waals surface area contributed by atoms with Crippen molar-refractivity contribution >= 4 is 16.8 Å². The van der Waals surface area contributed by atoms with Crippen LogP contribution < -0.4 is 16.8 Å². The summed E-state index contributed by atoms with van der Waals surface area (Å²) in [6, 6.07) is 7.41. The molecule has 1 heterocycles. The molecule has 0 aliphatic heterocycles. The molecular formula is C13H18N4O. The minimum absolute atomic E-state index is 0.161. The summed E-state index contributed by atoms with van der Waals surface area (Å²) in [5.74, 6) is -0.161. The number of hydrogen-bond donors (Lipinski definition) is 4. The number of rotatable bonds is 5. The maximum absolute atomic E-state index is 11.7. The molecule has 2 aromatic rings. The molecule has 0 radical (unpaired) electrons. The Hall–Kier alpha value is -1.85. The second-order valence-electron chi connectivity index (χ2n) is 4.25. The molecule has 1 amide bonds. The van der Waals surface area contributed by atoms with Crippen LogP contribution in [0.4, 0.5) is 0 Å². The lowest BCUT2D eigenvalue weighted by Gasteiger charge is -2.11. The van der Waals surface area contributed by atoms with Crippen LogP contribution in [0.2, 0.25) is 0 Å². The number of carbonyl (C=O) groups is 1. The van der Waals surface area contributed by atoms with E-state index in [2.05, 4.69) is 10.3 Å². The highest BCUT2D eigenvalue weighted by molar-refractivity contribution is 5.86. The summed E-state index contributed by atoms with van der Waals surface area (Å²) >= 11 is 0. The number of benzene rings is 1. The van der Waals surface area contributed by atoms with Gasteiger partial charge in [0.15, 0.2) is 0 Å². The first-order chi connectivity index (χ1) is 8.72. The van der Waals surface area contributed by atoms with E-state index in [0.29, 0.717) is 19.5 Å². The lowest BCUT2D eigenvalue weighted by atomic mass is 10.1. The molecule has 0 saturated carbocycles. The van der Waals surface area contributed by atoms with Crippen molar-refractivity contribution in [3.05, 3.63) is 36.0 Å². The molecule has 0 aliphatic carbocycles. The number of aromatic amines is 1. The third-order valence-corrected chi connectivity index (χ3v) is 2.90. The van der Waals surface area contributed by atoms with Crippen molar-refractivity contribution in [1.29, 1.82) is 0 Å². The average Bonchev–Trinajstić information content (AvgIpc) is 2.79. The Bertz CT molecular complexity index is 535. The van der Waals surface area contributed by atoms with Gasteiger partial charge in [-0.2, -0.15) is 0 Å². The molecule has 1 atom stereocenters. The van der Waals surface area contributed by atoms with Crippen LogP contribution in [0.15, 0.2) is 30.5 Å². The highest BCUT2D eigenvalue weighted by Gasteiger charge is 2.15. The second-order valence-corrected chi connectivity index (χ2v) is 4.25. The number of hydrogen-bond acceptors (Lipinski definition) is 3. The molecular weight excluding hydrogens is 228 g/mol. The first kappa shape index (κ1) is 12.6. The Labute approximate surface area is 106 Å². The van der Waals surface area contributed by atoms with Gasteiger partial charge in [0.1, 0.15) is 0 Å². The number of fused-ring (bicyclic) bond motifs is 1. The minimum Gasteiger partial charge on any atom is -0.361 e. The predicted octanol–water partition coefficient (Wildman–Crippen LogP) is 0.113. The number of H-pyrrole nitrogens is 1. The Balaban J connectivity index is 2.07. The molecule has 0 unspecified atom stereocenters. The van der Waals surface area contributed by atoms with Crippen molar-refractivity contribution in [2.75, 3.05) is 13.1 Å². The van der Waals surface area contributed by atoms with Gasteiger partial charge in [0.05, 0.1) is 6.04 Å². The Morgan fingerprint density at radius 1 is 1.39 bits per heavy atom. The van der Waals surface area contributed by atoms with Crippen molar-refractivity contribution in [3.63, 3.8) is 0 Å². The van der Waals surface area contributed by atoms with Gasteiger partial charge in [-0.15, -0.1) is 0 Å². The van der Waals surface area contributed by atoms with Crippen LogP contribution in [0, 0.1) is 0 Å². The second kappa shape index (κ2) is 5.66. The van der Waals surface area contributed by atoms with E-state index in [1.54, 1.807) is 0 Å². The van der Waals surface area contributed by atoms with Crippen LogP contribution in [0.5, 0.6) is 0 Å². The van der Waals surface area contributed by atoms with E-state index in [-0.39, 0.29) is 5.91 Å². The number of amides is 1. The Morgan fingerprint density at radius 2 is 2.17 bits per heavy atom. The van der Waals surface area contributed by atoms with E-state index >= 15 is 0 Å². The maximum Gasteiger partial charge on any atom is 0.237 e. The molecule has 0 spiro atoms. The third-order valence-electron chi connectivity index (χ3n) is 2.90. The molecule has 2 rings (SSSR count). The van der Waals surface area contributed by atoms with Gasteiger partial charge in [0.25, 0.3) is 0 Å². The highest BCUT2D eigenvalue weighted by Crippen LogP contribution is 2.18. The van der Waals surface area contributed by atoms with Gasteiger partial charge in [-0.25, -0.2) is 0 Å². The third kappa shape index (κ3) is 2.69. The predicted molar refractivity (Wildman–Crippen MR) is 72.0 cm³/mol. The molecule has 1 aromatic heterocycles. The summed E-state index contributed by atoms with van der Waals surface area (Å²) in [4.78, 5) is 14.8. The van der Waals surface area contributed by atoms with E-state index in [9.17, 15) is 4.79 Å². The highest BCUT2D eigenvalue weighted by atomic mass is 16.2. The molecule has 6 N–H and O–H groups in total. The molecule has 1 aromatic carbocycles. The van der Waals surface area contributed by atoms with Crippen LogP contribution in [0.25, 0.3) is 10.9 Å². The van der Waals surface area contributed by atoms with E-state index in [1.807, 2.05) is 30.5 Å². The summed E-state index contributed by atoms with van der Waals surface area (Å²) in [6.45, 7) is 0.881. The summed E-state index contributed by atoms with van der Waals surface area (Å²) < 4.78 is 0. The van der Waals surface area contributed by atoms with E-state index in [1.165, 1.54) is 0 Å². The average molecular weight is 246 g/mol. The summed E-state index contributed by atoms with van der Waals surface area (Å²) in [7, 11) is 0. The standard InChI is InChI=1S/C13H18N4O/c14-5-6-16-13(18)11(15)7-9-8-17-12-4-2-1-3-10(9)12/h1-4,8,11,17H,5-7,14-15H2,(H,16,18)/t11-/m0/s1. The zero-order valence-corrected chi connectivity index (χ0v) is 10.1. The molecule has 0 saturated heterocycles. The van der Waals surface area contributed by atoms with Crippen molar-refractivity contribution in [1.82, 2.24) is 10.3 Å². The van der Waals surface area contributed by atoms with Crippen LogP contribution in [-0.4, -0.2) is 30.0 Å². The lowest BCUT2D eigenvalue weighted by molar-refractivity contribution is -0.122. The van der Waals surface area contributed by atoms with Gasteiger partial charge in [0, 0.05) is 30.2 Å². The maximum atomic E-state index is 11.7. The van der Waals surface area contributed by atoms with Gasteiger partial charge in [-0.3, -0.25) is 4.79 Å². The normalized spacial score (nSPS) is 12.6. The first-order valence-electron chi connectivity index (χ1n) is 6.00. The number of nitrogens with two attached hydrogens (primary N) is 2. The largest absolute Gasteiger partial charge is 0.361 e. The zero-order chi connectivity index (χ0) is 13.0. The monoisotopic (exact) mass is 246 g/mol. The molecule has 0 fully saturated rings. The summed E-state index contributed by atoms with van der Waals surface area (Å²) in [5.41, 5.74) is 13.3. The van der Waals surface area contributed by atoms with Crippen LogP contribution in [-0.2, 0) is 11.2 Å². The van der Waals surface area contributed by atoms with E-state index in [0.717, 1.165) is 16.5 Å². The fraction of sp³-hybridized carbons (Fsp3) is 0.308. The van der Waals surface area contributed by atoms with Gasteiger partial charge in [-0.1, -0.05) is 18.2 Å². The van der Waals surface area contributed by atoms with E-state index in [4.69, 9.17) is 11.5 Å². The van der Waals surface area contributed by atoms with Crippen molar-refractivity contribution < 1.29 is 4.79 Å². The quantitative estimate of drug-likeness (QED) is 0.603. The molecule has 18 heavy (non-hydrogen) atoms. The number of para-hydroxylation sites is 1. The van der Waals surface area contributed by atoms with Gasteiger partial charge < -0.3 is 21.8 Å². The number of carbonyl (C=O) groups excluding carboxylic acids is 1. The molecule has 5 heteroatoms. The van der Waals surface area contributed by atoms with Crippen molar-refractivity contribution in [2.45, 2.75) is 12.5 Å². The van der Waals surface area contributed by atoms with Crippen molar-refractivity contribution in [3.8, 4) is 0 Å². The van der Waals surface area contributed by atoms with Crippen molar-refractivity contribution in [2.24, 2.45) is 11.5 Å². The van der Waals surface area contributed by atoms with Gasteiger partial charge in [0.2, 0.25) is 5.91 Å². The fourth-order valence-corrected chi connectivity index (χ4v) is 1.96. The first-order valence-corrected chi connectivity index (χ1v) is 6.00. The van der Waals surface area contributed by atoms with Gasteiger partial charge >= 0.3 is 0 Å². The smallest absolute Gasteiger partial charge is 0.237 e. The van der Waals surface area contributed by atoms with Crippen LogP contribution >= 0.6 is 0 Å². The number of nitrogens with one attached hydrogen (secondary N) is 2.